The van der Waals surface area contributed by atoms with Crippen molar-refractivity contribution >= 4 is 39.0 Å². The lowest BCUT2D eigenvalue weighted by atomic mass is 10.0. The smallest absolute Gasteiger partial charge is 0.190 e. The molecule has 136 valence electrons. The van der Waals surface area contributed by atoms with Gasteiger partial charge in [-0.2, -0.15) is 5.10 Å². The zero-order chi connectivity index (χ0) is 18.6. The van der Waals surface area contributed by atoms with Crippen molar-refractivity contribution in [1.82, 2.24) is 10.3 Å². The Kier molecular flexibility index (Phi) is 5.36. The molecule has 0 amide bonds. The van der Waals surface area contributed by atoms with Gasteiger partial charge in [0.2, 0.25) is 0 Å². The standard InChI is InChI=1S/C21H18BrN3OS/c22-17-10-8-16(9-11-17)19-13-18(20-7-4-12-26-20)24-25(19)21(27)23-14-15-5-2-1-3-6-15/h1-12,19H,13-14H2,(H,23,27). The zero-order valence-electron chi connectivity index (χ0n) is 14.5. The first kappa shape index (κ1) is 17.9. The molecule has 27 heavy (non-hydrogen) atoms. The number of hydrogen-bond acceptors (Lipinski definition) is 3. The van der Waals surface area contributed by atoms with Gasteiger partial charge >= 0.3 is 0 Å². The van der Waals surface area contributed by atoms with Crippen LogP contribution in [0.5, 0.6) is 0 Å². The SMILES string of the molecule is S=C(NCc1ccccc1)N1N=C(c2ccco2)CC1c1ccc(Br)cc1. The minimum Gasteiger partial charge on any atom is -0.463 e. The summed E-state index contributed by atoms with van der Waals surface area (Å²) in [6, 6.07) is 22.3. The Hall–Kier alpha value is -2.44. The van der Waals surface area contributed by atoms with E-state index in [1.165, 1.54) is 5.56 Å². The van der Waals surface area contributed by atoms with Crippen molar-refractivity contribution in [3.05, 3.63) is 94.4 Å². The van der Waals surface area contributed by atoms with Gasteiger partial charge < -0.3 is 9.73 Å². The molecule has 1 aliphatic rings. The molecule has 1 unspecified atom stereocenters. The van der Waals surface area contributed by atoms with E-state index in [1.807, 2.05) is 47.5 Å². The van der Waals surface area contributed by atoms with Crippen LogP contribution in [0.2, 0.25) is 0 Å². The molecule has 1 atom stereocenters. The number of thiocarbonyl (C=S) groups is 1. The predicted molar refractivity (Wildman–Crippen MR) is 114 cm³/mol. The summed E-state index contributed by atoms with van der Waals surface area (Å²) in [4.78, 5) is 0. The van der Waals surface area contributed by atoms with Crippen LogP contribution in [0.4, 0.5) is 0 Å². The Balaban J connectivity index is 1.56. The molecule has 4 nitrogen and oxygen atoms in total. The first-order chi connectivity index (χ1) is 13.2. The largest absolute Gasteiger partial charge is 0.463 e. The normalized spacial score (nSPS) is 16.3. The highest BCUT2D eigenvalue weighted by Gasteiger charge is 2.32. The molecule has 2 heterocycles. The molecule has 0 saturated heterocycles. The highest BCUT2D eigenvalue weighted by molar-refractivity contribution is 9.10. The highest BCUT2D eigenvalue weighted by Crippen LogP contribution is 2.33. The third-order valence-electron chi connectivity index (χ3n) is 4.47. The van der Waals surface area contributed by atoms with Gasteiger partial charge in [0.1, 0.15) is 11.5 Å². The van der Waals surface area contributed by atoms with Crippen LogP contribution in [-0.2, 0) is 6.54 Å². The van der Waals surface area contributed by atoms with Gasteiger partial charge in [0.15, 0.2) is 5.11 Å². The average Bonchev–Trinajstić information content (AvgIpc) is 3.37. The number of nitrogens with one attached hydrogen (secondary N) is 1. The maximum Gasteiger partial charge on any atom is 0.190 e. The van der Waals surface area contributed by atoms with E-state index in [9.17, 15) is 0 Å². The van der Waals surface area contributed by atoms with Gasteiger partial charge in [-0.3, -0.25) is 0 Å². The van der Waals surface area contributed by atoms with Crippen molar-refractivity contribution in [2.24, 2.45) is 5.10 Å². The minimum absolute atomic E-state index is 0.0361. The van der Waals surface area contributed by atoms with E-state index in [2.05, 4.69) is 45.5 Å². The van der Waals surface area contributed by atoms with E-state index in [-0.39, 0.29) is 6.04 Å². The highest BCUT2D eigenvalue weighted by atomic mass is 79.9. The van der Waals surface area contributed by atoms with Crippen LogP contribution in [0.15, 0.2) is 87.0 Å². The first-order valence-electron chi connectivity index (χ1n) is 8.68. The van der Waals surface area contributed by atoms with Crippen LogP contribution < -0.4 is 5.32 Å². The minimum atomic E-state index is 0.0361. The lowest BCUT2D eigenvalue weighted by molar-refractivity contribution is 0.364. The van der Waals surface area contributed by atoms with E-state index in [0.29, 0.717) is 11.7 Å². The molecule has 0 fully saturated rings. The summed E-state index contributed by atoms with van der Waals surface area (Å²) in [5.74, 6) is 0.783. The molecule has 4 rings (SSSR count). The maximum atomic E-state index is 5.67. The second kappa shape index (κ2) is 8.06. The maximum absolute atomic E-state index is 5.67. The van der Waals surface area contributed by atoms with Crippen LogP contribution in [0, 0.1) is 0 Å². The number of nitrogens with zero attached hydrogens (tertiary/aromatic N) is 2. The molecule has 3 aromatic rings. The van der Waals surface area contributed by atoms with Gasteiger partial charge in [-0.1, -0.05) is 58.4 Å². The molecular weight excluding hydrogens is 422 g/mol. The molecule has 1 N–H and O–H groups in total. The Morgan fingerprint density at radius 2 is 1.89 bits per heavy atom. The molecule has 0 bridgehead atoms. The second-order valence-electron chi connectivity index (χ2n) is 6.28. The van der Waals surface area contributed by atoms with E-state index in [0.717, 1.165) is 27.9 Å². The zero-order valence-corrected chi connectivity index (χ0v) is 16.9. The molecule has 0 saturated carbocycles. The van der Waals surface area contributed by atoms with Gasteiger partial charge in [0.25, 0.3) is 0 Å². The predicted octanol–water partition coefficient (Wildman–Crippen LogP) is 5.27. The van der Waals surface area contributed by atoms with Gasteiger partial charge in [0.05, 0.1) is 12.3 Å². The van der Waals surface area contributed by atoms with E-state index >= 15 is 0 Å². The molecule has 2 aromatic carbocycles. The fourth-order valence-corrected chi connectivity index (χ4v) is 3.59. The average molecular weight is 440 g/mol. The molecule has 6 heteroatoms. The number of halogens is 1. The van der Waals surface area contributed by atoms with Gasteiger partial charge in [0, 0.05) is 17.4 Å². The molecule has 1 aliphatic heterocycles. The Labute approximate surface area is 172 Å². The monoisotopic (exact) mass is 439 g/mol. The van der Waals surface area contributed by atoms with Crippen LogP contribution in [0.3, 0.4) is 0 Å². The van der Waals surface area contributed by atoms with Crippen molar-refractivity contribution in [3.8, 4) is 0 Å². The first-order valence-corrected chi connectivity index (χ1v) is 9.88. The Morgan fingerprint density at radius 3 is 2.59 bits per heavy atom. The van der Waals surface area contributed by atoms with Gasteiger partial charge in [-0.25, -0.2) is 5.01 Å². The summed E-state index contributed by atoms with van der Waals surface area (Å²) >= 11 is 9.16. The number of furan rings is 1. The summed E-state index contributed by atoms with van der Waals surface area (Å²) in [5.41, 5.74) is 3.23. The summed E-state index contributed by atoms with van der Waals surface area (Å²) in [7, 11) is 0. The van der Waals surface area contributed by atoms with Gasteiger partial charge in [-0.05, 0) is 47.6 Å². The van der Waals surface area contributed by atoms with Crippen molar-refractivity contribution in [2.75, 3.05) is 0 Å². The summed E-state index contributed by atoms with van der Waals surface area (Å²) < 4.78 is 6.60. The molecule has 0 radical (unpaired) electrons. The number of rotatable bonds is 4. The van der Waals surface area contributed by atoms with E-state index in [4.69, 9.17) is 21.7 Å². The summed E-state index contributed by atoms with van der Waals surface area (Å²) in [5, 5.41) is 10.6. The fraction of sp³-hybridized carbons (Fsp3) is 0.143. The van der Waals surface area contributed by atoms with Crippen molar-refractivity contribution in [2.45, 2.75) is 19.0 Å². The molecule has 1 aromatic heterocycles. The van der Waals surface area contributed by atoms with Crippen molar-refractivity contribution in [3.63, 3.8) is 0 Å². The number of hydrazone groups is 1. The van der Waals surface area contributed by atoms with Crippen LogP contribution >= 0.6 is 28.1 Å². The Morgan fingerprint density at radius 1 is 1.11 bits per heavy atom. The summed E-state index contributed by atoms with van der Waals surface area (Å²) in [6.07, 6.45) is 2.41. The molecule has 0 aliphatic carbocycles. The third kappa shape index (κ3) is 4.12. The second-order valence-corrected chi connectivity index (χ2v) is 7.59. The van der Waals surface area contributed by atoms with Crippen LogP contribution in [0.1, 0.15) is 29.3 Å². The van der Waals surface area contributed by atoms with Crippen molar-refractivity contribution < 1.29 is 4.42 Å². The number of hydrogen-bond donors (Lipinski definition) is 1. The lowest BCUT2D eigenvalue weighted by Crippen LogP contribution is -2.36. The van der Waals surface area contributed by atoms with E-state index < -0.39 is 0 Å². The third-order valence-corrected chi connectivity index (χ3v) is 5.33. The topological polar surface area (TPSA) is 40.8 Å². The molecule has 0 spiro atoms. The van der Waals surface area contributed by atoms with E-state index in [1.54, 1.807) is 6.26 Å². The molecular formula is C21H18BrN3OS. The Bertz CT molecular complexity index is 939. The summed E-state index contributed by atoms with van der Waals surface area (Å²) in [6.45, 7) is 0.662. The number of benzene rings is 2. The van der Waals surface area contributed by atoms with Gasteiger partial charge in [-0.15, -0.1) is 0 Å². The van der Waals surface area contributed by atoms with Crippen LogP contribution in [-0.4, -0.2) is 15.8 Å². The fourth-order valence-electron chi connectivity index (χ4n) is 3.09. The van der Waals surface area contributed by atoms with Crippen molar-refractivity contribution in [1.29, 1.82) is 0 Å². The van der Waals surface area contributed by atoms with Crippen LogP contribution in [0.25, 0.3) is 0 Å². The quantitative estimate of drug-likeness (QED) is 0.562. The lowest BCUT2D eigenvalue weighted by Gasteiger charge is -2.25.